The summed E-state index contributed by atoms with van der Waals surface area (Å²) in [6.45, 7) is 2.28. The Labute approximate surface area is 179 Å². The zero-order chi connectivity index (χ0) is 20.8. The normalized spacial score (nSPS) is 24.2. The predicted molar refractivity (Wildman–Crippen MR) is 120 cm³/mol. The number of allylic oxidation sites excluding steroid dienone is 1. The minimum absolute atomic E-state index is 0.226. The number of esters is 2. The summed E-state index contributed by atoms with van der Waals surface area (Å²) < 4.78 is 4.96. The molecule has 0 amide bonds. The fraction of sp³-hybridized carbons (Fsp3) is 0.846. The van der Waals surface area contributed by atoms with Gasteiger partial charge in [-0.1, -0.05) is 115 Å². The van der Waals surface area contributed by atoms with Crippen molar-refractivity contribution in [2.75, 3.05) is 0 Å². The van der Waals surface area contributed by atoms with Crippen molar-refractivity contribution in [3.63, 3.8) is 0 Å². The second-order valence-corrected chi connectivity index (χ2v) is 9.33. The van der Waals surface area contributed by atoms with E-state index in [0.717, 1.165) is 32.1 Å². The van der Waals surface area contributed by atoms with Gasteiger partial charge in [-0.2, -0.15) is 0 Å². The highest BCUT2D eigenvalue weighted by Crippen LogP contribution is 2.48. The van der Waals surface area contributed by atoms with Crippen molar-refractivity contribution in [3.05, 3.63) is 12.2 Å². The largest absolute Gasteiger partial charge is 0.392 e. The van der Waals surface area contributed by atoms with Crippen molar-refractivity contribution >= 4 is 11.9 Å². The Balaban J connectivity index is 1.44. The fourth-order valence-corrected chi connectivity index (χ4v) is 5.05. The highest BCUT2D eigenvalue weighted by Gasteiger charge is 2.56. The number of carbonyl (C=O) groups is 2. The van der Waals surface area contributed by atoms with Crippen LogP contribution in [-0.4, -0.2) is 11.9 Å². The summed E-state index contributed by atoms with van der Waals surface area (Å²) in [5.41, 5.74) is -0.634. The van der Waals surface area contributed by atoms with Crippen molar-refractivity contribution < 1.29 is 14.3 Å². The zero-order valence-electron chi connectivity index (χ0n) is 18.9. The Kier molecular flexibility index (Phi) is 11.6. The Hall–Kier alpha value is -1.12. The highest BCUT2D eigenvalue weighted by atomic mass is 16.6. The van der Waals surface area contributed by atoms with Crippen LogP contribution in [0.1, 0.15) is 129 Å². The first-order valence-corrected chi connectivity index (χ1v) is 12.6. The van der Waals surface area contributed by atoms with Gasteiger partial charge < -0.3 is 4.74 Å². The Morgan fingerprint density at radius 3 is 1.97 bits per heavy atom. The average molecular weight is 405 g/mol. The maximum Gasteiger partial charge on any atom is 0.324 e. The number of rotatable bonds is 16. The maximum absolute atomic E-state index is 12.2. The first kappa shape index (κ1) is 24.2. The van der Waals surface area contributed by atoms with Crippen LogP contribution in [0.5, 0.6) is 0 Å². The van der Waals surface area contributed by atoms with E-state index < -0.39 is 5.41 Å². The van der Waals surface area contributed by atoms with E-state index in [4.69, 9.17) is 4.74 Å². The molecule has 1 saturated heterocycles. The van der Waals surface area contributed by atoms with Gasteiger partial charge in [-0.05, 0) is 25.7 Å². The molecular weight excluding hydrogens is 360 g/mol. The maximum atomic E-state index is 12.2. The lowest BCUT2D eigenvalue weighted by Crippen LogP contribution is -2.34. The molecule has 2 rings (SSSR count). The van der Waals surface area contributed by atoms with Gasteiger partial charge in [0.15, 0.2) is 0 Å². The first-order valence-electron chi connectivity index (χ1n) is 12.6. The molecule has 0 bridgehead atoms. The highest BCUT2D eigenvalue weighted by molar-refractivity contribution is 6.00. The Bertz CT molecular complexity index is 510. The molecule has 0 N–H and O–H groups in total. The molecule has 0 aromatic rings. The van der Waals surface area contributed by atoms with E-state index >= 15 is 0 Å². The van der Waals surface area contributed by atoms with Crippen LogP contribution in [0.3, 0.4) is 0 Å². The Morgan fingerprint density at radius 2 is 1.38 bits per heavy atom. The monoisotopic (exact) mass is 404 g/mol. The lowest BCUT2D eigenvalue weighted by atomic mass is 9.67. The van der Waals surface area contributed by atoms with Gasteiger partial charge in [0.25, 0.3) is 0 Å². The molecule has 2 unspecified atom stereocenters. The Morgan fingerprint density at radius 1 is 0.828 bits per heavy atom. The van der Waals surface area contributed by atoms with Gasteiger partial charge in [0.2, 0.25) is 0 Å². The summed E-state index contributed by atoms with van der Waals surface area (Å²) in [6.07, 6.45) is 28.0. The molecule has 2 atom stereocenters. The van der Waals surface area contributed by atoms with Crippen LogP contribution in [0.2, 0.25) is 0 Å². The van der Waals surface area contributed by atoms with Gasteiger partial charge in [0.05, 0.1) is 11.3 Å². The molecule has 1 aliphatic carbocycles. The van der Waals surface area contributed by atoms with E-state index in [-0.39, 0.29) is 17.9 Å². The van der Waals surface area contributed by atoms with E-state index in [2.05, 4.69) is 13.0 Å². The average Bonchev–Trinajstić information content (AvgIpc) is 2.98. The van der Waals surface area contributed by atoms with Crippen molar-refractivity contribution in [2.24, 2.45) is 11.3 Å². The number of unbranched alkanes of at least 4 members (excludes halogenated alkanes) is 14. The lowest BCUT2D eigenvalue weighted by Gasteiger charge is -2.30. The van der Waals surface area contributed by atoms with Gasteiger partial charge in [0.1, 0.15) is 0 Å². The van der Waals surface area contributed by atoms with Crippen LogP contribution in [0.4, 0.5) is 0 Å². The number of hydrogen-bond acceptors (Lipinski definition) is 3. The molecule has 1 heterocycles. The SMILES string of the molecule is CCCCCCCCCCCCCCCCC=CC12CCCCC1C(=O)OC2=O. The van der Waals surface area contributed by atoms with E-state index in [0.29, 0.717) is 0 Å². The smallest absolute Gasteiger partial charge is 0.324 e. The number of hydrogen-bond donors (Lipinski definition) is 0. The molecule has 2 aliphatic rings. The van der Waals surface area contributed by atoms with Crippen LogP contribution >= 0.6 is 0 Å². The lowest BCUT2D eigenvalue weighted by molar-refractivity contribution is -0.154. The fourth-order valence-electron chi connectivity index (χ4n) is 5.05. The molecule has 0 radical (unpaired) electrons. The number of ether oxygens (including phenoxy) is 1. The molecule has 166 valence electrons. The summed E-state index contributed by atoms with van der Waals surface area (Å²) in [6, 6.07) is 0. The molecule has 1 aliphatic heterocycles. The molecular formula is C26H44O3. The second kappa shape index (κ2) is 14.0. The zero-order valence-corrected chi connectivity index (χ0v) is 18.9. The molecule has 0 spiro atoms. The van der Waals surface area contributed by atoms with Crippen molar-refractivity contribution in [2.45, 2.75) is 129 Å². The standard InChI is InChI=1S/C26H44O3/c1-2-3-4-5-6-7-8-9-10-11-12-13-14-15-16-18-21-26-22-19-17-20-23(26)24(27)29-25(26)28/h18,21,23H,2-17,19-20,22H2,1H3. The molecule has 0 aromatic carbocycles. The van der Waals surface area contributed by atoms with E-state index in [1.807, 2.05) is 6.08 Å². The number of cyclic esters (lactones) is 2. The summed E-state index contributed by atoms with van der Waals surface area (Å²) >= 11 is 0. The van der Waals surface area contributed by atoms with Gasteiger partial charge >= 0.3 is 11.9 Å². The van der Waals surface area contributed by atoms with Gasteiger partial charge in [0, 0.05) is 0 Å². The number of carbonyl (C=O) groups excluding carboxylic acids is 2. The van der Waals surface area contributed by atoms with Crippen LogP contribution < -0.4 is 0 Å². The predicted octanol–water partition coefficient (Wildman–Crippen LogP) is 7.67. The summed E-state index contributed by atoms with van der Waals surface area (Å²) in [4.78, 5) is 24.2. The van der Waals surface area contributed by atoms with Crippen LogP contribution in [0, 0.1) is 11.3 Å². The minimum atomic E-state index is -0.634. The summed E-state index contributed by atoms with van der Waals surface area (Å²) in [5.74, 6) is -0.823. The number of fused-ring (bicyclic) bond motifs is 1. The molecule has 29 heavy (non-hydrogen) atoms. The first-order chi connectivity index (χ1) is 14.2. The molecule has 3 nitrogen and oxygen atoms in total. The third kappa shape index (κ3) is 7.90. The summed E-state index contributed by atoms with van der Waals surface area (Å²) in [5, 5.41) is 0. The molecule has 1 saturated carbocycles. The quantitative estimate of drug-likeness (QED) is 0.115. The van der Waals surface area contributed by atoms with Gasteiger partial charge in [-0.25, -0.2) is 0 Å². The van der Waals surface area contributed by atoms with Crippen molar-refractivity contribution in [1.29, 1.82) is 0 Å². The topological polar surface area (TPSA) is 43.4 Å². The summed E-state index contributed by atoms with van der Waals surface area (Å²) in [7, 11) is 0. The third-order valence-corrected chi connectivity index (χ3v) is 6.95. The minimum Gasteiger partial charge on any atom is -0.392 e. The van der Waals surface area contributed by atoms with Crippen LogP contribution in [0.15, 0.2) is 12.2 Å². The van der Waals surface area contributed by atoms with E-state index in [1.54, 1.807) is 0 Å². The van der Waals surface area contributed by atoms with E-state index in [1.165, 1.54) is 89.9 Å². The molecule has 0 aromatic heterocycles. The van der Waals surface area contributed by atoms with Crippen molar-refractivity contribution in [1.82, 2.24) is 0 Å². The molecule has 3 heteroatoms. The van der Waals surface area contributed by atoms with Crippen LogP contribution in [0.25, 0.3) is 0 Å². The van der Waals surface area contributed by atoms with E-state index in [9.17, 15) is 9.59 Å². The third-order valence-electron chi connectivity index (χ3n) is 6.95. The molecule has 2 fully saturated rings. The van der Waals surface area contributed by atoms with Gasteiger partial charge in [-0.3, -0.25) is 9.59 Å². The van der Waals surface area contributed by atoms with Crippen LogP contribution in [-0.2, 0) is 14.3 Å². The van der Waals surface area contributed by atoms with Gasteiger partial charge in [-0.15, -0.1) is 0 Å². The second-order valence-electron chi connectivity index (χ2n) is 9.33. The van der Waals surface area contributed by atoms with Crippen molar-refractivity contribution in [3.8, 4) is 0 Å².